The zero-order valence-corrected chi connectivity index (χ0v) is 19.4. The van der Waals surface area contributed by atoms with E-state index < -0.39 is 11.9 Å². The van der Waals surface area contributed by atoms with Gasteiger partial charge in [0.25, 0.3) is 0 Å². The molecule has 0 fully saturated rings. The van der Waals surface area contributed by atoms with E-state index in [-0.39, 0.29) is 0 Å². The largest absolute Gasteiger partial charge is 0.492 e. The van der Waals surface area contributed by atoms with Gasteiger partial charge in [0.2, 0.25) is 0 Å². The van der Waals surface area contributed by atoms with Gasteiger partial charge in [-0.25, -0.2) is 19.3 Å². The van der Waals surface area contributed by atoms with Crippen LogP contribution < -0.4 is 4.74 Å². The van der Waals surface area contributed by atoms with Gasteiger partial charge in [-0.15, -0.1) is 0 Å². The van der Waals surface area contributed by atoms with E-state index >= 15 is 0 Å². The molecule has 4 aromatic rings. The van der Waals surface area contributed by atoms with Crippen LogP contribution >= 0.6 is 0 Å². The van der Waals surface area contributed by atoms with E-state index in [9.17, 15) is 9.59 Å². The fourth-order valence-electron chi connectivity index (χ4n) is 3.11. The van der Waals surface area contributed by atoms with Crippen LogP contribution in [0, 0.1) is 0 Å². The molecule has 0 atom stereocenters. The summed E-state index contributed by atoms with van der Waals surface area (Å²) in [6, 6.07) is 22.2. The number of hydrogen-bond donors (Lipinski definition) is 2. The SMILES string of the molecule is CN(C)CCOc1ccc(-n2nc(-c3ccccc3)c3cccnc32)cc1.O=C(O)/C=C\C(=O)O. The third-order valence-electron chi connectivity index (χ3n) is 4.75. The van der Waals surface area contributed by atoms with E-state index in [1.807, 2.05) is 67.3 Å². The molecule has 2 N–H and O–H groups in total. The normalized spacial score (nSPS) is 10.8. The highest BCUT2D eigenvalue weighted by Gasteiger charge is 2.14. The Morgan fingerprint density at radius 3 is 2.20 bits per heavy atom. The van der Waals surface area contributed by atoms with E-state index in [0.717, 1.165) is 40.3 Å². The first-order valence-electron chi connectivity index (χ1n) is 10.8. The Hall–Kier alpha value is -4.50. The number of rotatable bonds is 8. The predicted octanol–water partition coefficient (Wildman–Crippen LogP) is 3.74. The van der Waals surface area contributed by atoms with Crippen LogP contribution in [-0.4, -0.2) is 69.1 Å². The minimum atomic E-state index is -1.26. The summed E-state index contributed by atoms with van der Waals surface area (Å²) in [5.74, 6) is -1.66. The molecule has 0 radical (unpaired) electrons. The van der Waals surface area contributed by atoms with Gasteiger partial charge >= 0.3 is 11.9 Å². The maximum absolute atomic E-state index is 9.55. The van der Waals surface area contributed by atoms with Gasteiger partial charge < -0.3 is 19.8 Å². The van der Waals surface area contributed by atoms with Crippen molar-refractivity contribution in [3.63, 3.8) is 0 Å². The molecule has 9 heteroatoms. The summed E-state index contributed by atoms with van der Waals surface area (Å²) in [5.41, 5.74) is 3.82. The number of ether oxygens (including phenoxy) is 1. The van der Waals surface area contributed by atoms with Crippen molar-refractivity contribution in [1.29, 1.82) is 0 Å². The summed E-state index contributed by atoms with van der Waals surface area (Å²) >= 11 is 0. The van der Waals surface area contributed by atoms with E-state index in [1.165, 1.54) is 0 Å². The first-order chi connectivity index (χ1) is 16.8. The van der Waals surface area contributed by atoms with Crippen LogP contribution in [0.2, 0.25) is 0 Å². The molecule has 0 spiro atoms. The number of carboxylic acid groups (broad SMARTS) is 2. The van der Waals surface area contributed by atoms with Crippen LogP contribution in [0.4, 0.5) is 0 Å². The fourth-order valence-corrected chi connectivity index (χ4v) is 3.11. The number of aliphatic carboxylic acids is 2. The Kier molecular flexibility index (Phi) is 8.69. The number of benzene rings is 2. The van der Waals surface area contributed by atoms with Crippen LogP contribution in [0.3, 0.4) is 0 Å². The van der Waals surface area contributed by atoms with Crippen LogP contribution in [0.25, 0.3) is 28.0 Å². The second kappa shape index (κ2) is 12.1. The number of likely N-dealkylation sites (N-methyl/N-ethyl adjacent to an activating group) is 1. The summed E-state index contributed by atoms with van der Waals surface area (Å²) in [6.45, 7) is 1.55. The smallest absolute Gasteiger partial charge is 0.328 e. The average Bonchev–Trinajstić information content (AvgIpc) is 3.24. The lowest BCUT2D eigenvalue weighted by Gasteiger charge is -2.11. The number of carbonyl (C=O) groups is 2. The van der Waals surface area contributed by atoms with Crippen molar-refractivity contribution in [2.24, 2.45) is 0 Å². The maximum Gasteiger partial charge on any atom is 0.328 e. The average molecular weight is 475 g/mol. The van der Waals surface area contributed by atoms with Crippen molar-refractivity contribution in [1.82, 2.24) is 19.7 Å². The van der Waals surface area contributed by atoms with Crippen molar-refractivity contribution in [2.45, 2.75) is 0 Å². The van der Waals surface area contributed by atoms with Crippen molar-refractivity contribution in [3.05, 3.63) is 85.1 Å². The van der Waals surface area contributed by atoms with Crippen molar-refractivity contribution >= 4 is 23.0 Å². The van der Waals surface area contributed by atoms with Gasteiger partial charge in [0.05, 0.1) is 5.69 Å². The Morgan fingerprint density at radius 1 is 0.943 bits per heavy atom. The fraction of sp³-hybridized carbons (Fsp3) is 0.154. The number of fused-ring (bicyclic) bond motifs is 1. The molecule has 0 aliphatic heterocycles. The van der Waals surface area contributed by atoms with Gasteiger partial charge in [-0.3, -0.25) is 0 Å². The number of aromatic nitrogens is 3. The lowest BCUT2D eigenvalue weighted by molar-refractivity contribution is -0.134. The molecule has 0 aliphatic rings. The molecule has 0 aliphatic carbocycles. The van der Waals surface area contributed by atoms with Gasteiger partial charge in [0, 0.05) is 35.8 Å². The quantitative estimate of drug-likeness (QED) is 0.371. The number of hydrogen-bond acceptors (Lipinski definition) is 6. The summed E-state index contributed by atoms with van der Waals surface area (Å²) in [4.78, 5) is 25.8. The topological polar surface area (TPSA) is 118 Å². The molecule has 0 bridgehead atoms. The molecule has 0 saturated heterocycles. The molecule has 35 heavy (non-hydrogen) atoms. The molecule has 0 unspecified atom stereocenters. The van der Waals surface area contributed by atoms with E-state index in [1.54, 1.807) is 6.20 Å². The number of nitrogens with zero attached hydrogens (tertiary/aromatic N) is 4. The highest BCUT2D eigenvalue weighted by Crippen LogP contribution is 2.28. The zero-order valence-electron chi connectivity index (χ0n) is 19.4. The minimum absolute atomic E-state index is 0.558. The second-order valence-corrected chi connectivity index (χ2v) is 7.66. The lowest BCUT2D eigenvalue weighted by Crippen LogP contribution is -2.19. The Balaban J connectivity index is 0.000000371. The van der Waals surface area contributed by atoms with Gasteiger partial charge in [-0.05, 0) is 50.5 Å². The molecule has 0 saturated carbocycles. The molecule has 2 heterocycles. The van der Waals surface area contributed by atoms with E-state index in [4.69, 9.17) is 20.0 Å². The van der Waals surface area contributed by atoms with Crippen LogP contribution in [0.15, 0.2) is 85.1 Å². The highest BCUT2D eigenvalue weighted by atomic mass is 16.5. The van der Waals surface area contributed by atoms with Crippen LogP contribution in [0.1, 0.15) is 0 Å². The van der Waals surface area contributed by atoms with E-state index in [0.29, 0.717) is 18.8 Å². The van der Waals surface area contributed by atoms with Crippen molar-refractivity contribution in [2.75, 3.05) is 27.2 Å². The maximum atomic E-state index is 9.55. The molecule has 180 valence electrons. The Bertz CT molecular complexity index is 1280. The molecule has 2 aromatic heterocycles. The van der Waals surface area contributed by atoms with Gasteiger partial charge in [0.1, 0.15) is 18.1 Å². The predicted molar refractivity (Wildman–Crippen MR) is 133 cm³/mol. The minimum Gasteiger partial charge on any atom is -0.492 e. The summed E-state index contributed by atoms with van der Waals surface area (Å²) in [7, 11) is 4.07. The molecule has 2 aromatic carbocycles. The monoisotopic (exact) mass is 474 g/mol. The van der Waals surface area contributed by atoms with Gasteiger partial charge in [-0.2, -0.15) is 5.10 Å². The molecule has 4 rings (SSSR count). The van der Waals surface area contributed by atoms with Crippen LogP contribution in [-0.2, 0) is 9.59 Å². The van der Waals surface area contributed by atoms with E-state index in [2.05, 4.69) is 28.1 Å². The third-order valence-corrected chi connectivity index (χ3v) is 4.75. The molecular weight excluding hydrogens is 448 g/mol. The Morgan fingerprint density at radius 2 is 1.60 bits per heavy atom. The summed E-state index contributed by atoms with van der Waals surface area (Å²) in [5, 5.41) is 21.5. The van der Waals surface area contributed by atoms with Crippen molar-refractivity contribution in [3.8, 4) is 22.7 Å². The lowest BCUT2D eigenvalue weighted by atomic mass is 10.1. The molecule has 9 nitrogen and oxygen atoms in total. The van der Waals surface area contributed by atoms with Crippen LogP contribution in [0.5, 0.6) is 5.75 Å². The first kappa shape index (κ1) is 25.1. The standard InChI is InChI=1S/C22H22N4O.C4H4O4/c1-25(2)15-16-27-19-12-10-18(11-13-19)26-22-20(9-6-14-23-22)21(24-26)17-7-4-3-5-8-17;5-3(6)1-2-4(7)8/h3-14H,15-16H2,1-2H3;1-2H,(H,5,6)(H,7,8)/b;2-1-. The van der Waals surface area contributed by atoms with Crippen molar-refractivity contribution < 1.29 is 24.5 Å². The summed E-state index contributed by atoms with van der Waals surface area (Å²) < 4.78 is 7.67. The zero-order chi connectivity index (χ0) is 25.2. The molecular formula is C26H26N4O5. The third kappa shape index (κ3) is 7.24. The van der Waals surface area contributed by atoms with Gasteiger partial charge in [0.15, 0.2) is 5.65 Å². The molecule has 0 amide bonds. The second-order valence-electron chi connectivity index (χ2n) is 7.66. The number of carboxylic acids is 2. The first-order valence-corrected chi connectivity index (χ1v) is 10.8. The summed E-state index contributed by atoms with van der Waals surface area (Å²) in [6.07, 6.45) is 2.92. The number of pyridine rings is 1. The highest BCUT2D eigenvalue weighted by molar-refractivity contribution is 5.92. The van der Waals surface area contributed by atoms with Gasteiger partial charge in [-0.1, -0.05) is 30.3 Å². The Labute approximate surface area is 202 Å².